The van der Waals surface area contributed by atoms with Gasteiger partial charge < -0.3 is 20.4 Å². The van der Waals surface area contributed by atoms with Crippen LogP contribution in [0.2, 0.25) is 0 Å². The number of nitriles is 1. The molecule has 0 radical (unpaired) electrons. The van der Waals surface area contributed by atoms with E-state index in [9.17, 15) is 5.26 Å². The molecule has 28 heavy (non-hydrogen) atoms. The Morgan fingerprint density at radius 2 is 2.18 bits per heavy atom. The Kier molecular flexibility index (Phi) is 4.78. The number of hydrogen-bond acceptors (Lipinski definition) is 6. The summed E-state index contributed by atoms with van der Waals surface area (Å²) >= 11 is 0. The minimum Gasteiger partial charge on any atom is -0.491 e. The number of rotatable bonds is 5. The number of nitrogens with zero attached hydrogens (tertiary/aromatic N) is 3. The van der Waals surface area contributed by atoms with Crippen LogP contribution in [-0.2, 0) is 6.42 Å². The normalized spacial score (nSPS) is 13.1. The molecule has 0 saturated carbocycles. The first-order chi connectivity index (χ1) is 13.6. The number of aryl methyl sites for hydroxylation is 1. The van der Waals surface area contributed by atoms with Crippen LogP contribution in [0.4, 0.5) is 17.5 Å². The minimum absolute atomic E-state index is 0.448. The quantitative estimate of drug-likeness (QED) is 0.615. The van der Waals surface area contributed by atoms with Gasteiger partial charge in [-0.2, -0.15) is 15.2 Å². The molecule has 0 saturated heterocycles. The molecule has 0 unspecified atom stereocenters. The van der Waals surface area contributed by atoms with Gasteiger partial charge in [-0.1, -0.05) is 19.9 Å². The van der Waals surface area contributed by atoms with Gasteiger partial charge in [0.05, 0.1) is 23.2 Å². The van der Waals surface area contributed by atoms with Crippen molar-refractivity contribution in [2.45, 2.75) is 33.6 Å². The zero-order chi connectivity index (χ0) is 19.7. The fourth-order valence-electron chi connectivity index (χ4n) is 3.45. The molecule has 0 atom stereocenters. The van der Waals surface area contributed by atoms with Gasteiger partial charge in [-0.25, -0.2) is 0 Å². The molecule has 4 rings (SSSR count). The Labute approximate surface area is 164 Å². The van der Waals surface area contributed by atoms with Crippen molar-refractivity contribution in [1.82, 2.24) is 15.0 Å². The predicted octanol–water partition coefficient (Wildman–Crippen LogP) is 4.27. The van der Waals surface area contributed by atoms with E-state index in [-0.39, 0.29) is 0 Å². The Bertz CT molecular complexity index is 1060. The molecular weight excluding hydrogens is 352 g/mol. The maximum Gasteiger partial charge on any atom is 0.231 e. The van der Waals surface area contributed by atoms with E-state index < -0.39 is 0 Å². The highest BCUT2D eigenvalue weighted by atomic mass is 16.5. The van der Waals surface area contributed by atoms with Gasteiger partial charge in [-0.15, -0.1) is 0 Å². The van der Waals surface area contributed by atoms with E-state index in [0.29, 0.717) is 35.5 Å². The summed E-state index contributed by atoms with van der Waals surface area (Å²) in [4.78, 5) is 12.3. The Hall–Kier alpha value is -3.27. The third-order valence-corrected chi connectivity index (χ3v) is 4.89. The van der Waals surface area contributed by atoms with Crippen molar-refractivity contribution in [2.75, 3.05) is 23.8 Å². The highest BCUT2D eigenvalue weighted by Crippen LogP contribution is 2.37. The average Bonchev–Trinajstić information content (AvgIpc) is 3.11. The van der Waals surface area contributed by atoms with Crippen LogP contribution in [0, 0.1) is 24.2 Å². The first-order valence-corrected chi connectivity index (χ1v) is 9.62. The highest BCUT2D eigenvalue weighted by molar-refractivity contribution is 5.93. The monoisotopic (exact) mass is 376 g/mol. The van der Waals surface area contributed by atoms with E-state index in [0.717, 1.165) is 36.2 Å². The lowest BCUT2D eigenvalue weighted by atomic mass is 10.00. The summed E-state index contributed by atoms with van der Waals surface area (Å²) in [7, 11) is 0. The molecule has 2 aromatic heterocycles. The van der Waals surface area contributed by atoms with Crippen LogP contribution in [0.25, 0.3) is 11.0 Å². The number of aromatic nitrogens is 3. The summed E-state index contributed by atoms with van der Waals surface area (Å²) in [5, 5.41) is 16.8. The molecule has 7 nitrogen and oxygen atoms in total. The van der Waals surface area contributed by atoms with Gasteiger partial charge in [0.2, 0.25) is 5.95 Å². The summed E-state index contributed by atoms with van der Waals surface area (Å²) in [5.74, 6) is 2.45. The van der Waals surface area contributed by atoms with Crippen LogP contribution in [0.5, 0.6) is 5.75 Å². The maximum absolute atomic E-state index is 9.40. The number of benzene rings is 1. The van der Waals surface area contributed by atoms with E-state index >= 15 is 0 Å². The summed E-state index contributed by atoms with van der Waals surface area (Å²) in [6.07, 6.45) is 3.71. The van der Waals surface area contributed by atoms with Crippen LogP contribution in [0.1, 0.15) is 37.0 Å². The van der Waals surface area contributed by atoms with Gasteiger partial charge in [0.1, 0.15) is 23.3 Å². The smallest absolute Gasteiger partial charge is 0.231 e. The molecule has 0 aliphatic carbocycles. The van der Waals surface area contributed by atoms with Crippen LogP contribution in [-0.4, -0.2) is 28.1 Å². The van der Waals surface area contributed by atoms with Gasteiger partial charge >= 0.3 is 0 Å². The Balaban J connectivity index is 1.75. The summed E-state index contributed by atoms with van der Waals surface area (Å²) in [6, 6.07) is 6.30. The SMILES string of the molecule is Cc1ccc(Nc2nc(NCC(C)C)c3c(C#N)c[nH]c3n2)c2c1CCCO2. The lowest BCUT2D eigenvalue weighted by Crippen LogP contribution is -2.13. The first kappa shape index (κ1) is 18.1. The van der Waals surface area contributed by atoms with Crippen LogP contribution in [0.3, 0.4) is 0 Å². The summed E-state index contributed by atoms with van der Waals surface area (Å²) < 4.78 is 5.94. The largest absolute Gasteiger partial charge is 0.491 e. The van der Waals surface area contributed by atoms with Crippen LogP contribution < -0.4 is 15.4 Å². The predicted molar refractivity (Wildman–Crippen MR) is 110 cm³/mol. The fourth-order valence-corrected chi connectivity index (χ4v) is 3.45. The third-order valence-electron chi connectivity index (χ3n) is 4.89. The van der Waals surface area contributed by atoms with Crippen molar-refractivity contribution in [1.29, 1.82) is 5.26 Å². The van der Waals surface area contributed by atoms with Crippen molar-refractivity contribution >= 4 is 28.5 Å². The molecule has 1 aromatic carbocycles. The standard InChI is InChI=1S/C21H24N6O/c1-12(2)10-23-19-17-14(9-22)11-24-20(17)27-21(26-19)25-16-7-6-13(3)15-5-4-8-28-18(15)16/h6-7,11-12H,4-5,8,10H2,1-3H3,(H3,23,24,25,26,27). The minimum atomic E-state index is 0.448. The number of anilines is 3. The van der Waals surface area contributed by atoms with Gasteiger partial charge in [0, 0.05) is 12.7 Å². The van der Waals surface area contributed by atoms with Crippen molar-refractivity contribution in [3.05, 3.63) is 35.0 Å². The molecule has 3 aromatic rings. The molecular formula is C21H24N6O. The van der Waals surface area contributed by atoms with Crippen LogP contribution in [0.15, 0.2) is 18.3 Å². The first-order valence-electron chi connectivity index (χ1n) is 9.62. The van der Waals surface area contributed by atoms with Crippen molar-refractivity contribution in [3.63, 3.8) is 0 Å². The molecule has 144 valence electrons. The summed E-state index contributed by atoms with van der Waals surface area (Å²) in [6.45, 7) is 7.83. The molecule has 7 heteroatoms. The van der Waals surface area contributed by atoms with Gasteiger partial charge in [0.15, 0.2) is 0 Å². The molecule has 0 spiro atoms. The van der Waals surface area contributed by atoms with Gasteiger partial charge in [0.25, 0.3) is 0 Å². The zero-order valence-corrected chi connectivity index (χ0v) is 16.4. The van der Waals surface area contributed by atoms with Crippen molar-refractivity contribution in [2.24, 2.45) is 5.92 Å². The lowest BCUT2D eigenvalue weighted by molar-refractivity contribution is 0.289. The van der Waals surface area contributed by atoms with E-state index in [1.807, 2.05) is 6.07 Å². The summed E-state index contributed by atoms with van der Waals surface area (Å²) in [5.41, 5.74) is 4.49. The molecule has 3 N–H and O–H groups in total. The van der Waals surface area contributed by atoms with Gasteiger partial charge in [-0.3, -0.25) is 0 Å². The second kappa shape index (κ2) is 7.39. The van der Waals surface area contributed by atoms with E-state index in [1.54, 1.807) is 6.20 Å². The lowest BCUT2D eigenvalue weighted by Gasteiger charge is -2.22. The number of aromatic amines is 1. The number of H-pyrrole nitrogens is 1. The van der Waals surface area contributed by atoms with Crippen molar-refractivity contribution in [3.8, 4) is 11.8 Å². The molecule has 3 heterocycles. The number of nitrogens with one attached hydrogen (secondary N) is 3. The van der Waals surface area contributed by atoms with Gasteiger partial charge in [-0.05, 0) is 42.9 Å². The molecule has 0 bridgehead atoms. The molecule has 0 fully saturated rings. The number of fused-ring (bicyclic) bond motifs is 2. The Morgan fingerprint density at radius 1 is 1.32 bits per heavy atom. The fraction of sp³-hybridized carbons (Fsp3) is 0.381. The van der Waals surface area contributed by atoms with E-state index in [2.05, 4.69) is 58.5 Å². The third kappa shape index (κ3) is 3.33. The maximum atomic E-state index is 9.40. The van der Waals surface area contributed by atoms with E-state index in [4.69, 9.17) is 4.74 Å². The second-order valence-corrected chi connectivity index (χ2v) is 7.52. The van der Waals surface area contributed by atoms with E-state index in [1.165, 1.54) is 11.1 Å². The topological polar surface area (TPSA) is 98.7 Å². The second-order valence-electron chi connectivity index (χ2n) is 7.52. The van der Waals surface area contributed by atoms with Crippen LogP contribution >= 0.6 is 0 Å². The number of hydrogen-bond donors (Lipinski definition) is 3. The molecule has 0 amide bonds. The zero-order valence-electron chi connectivity index (χ0n) is 16.4. The van der Waals surface area contributed by atoms with Crippen molar-refractivity contribution < 1.29 is 4.74 Å². The number of ether oxygens (including phenoxy) is 1. The molecule has 1 aliphatic heterocycles. The Morgan fingerprint density at radius 3 is 2.96 bits per heavy atom. The molecule has 1 aliphatic rings. The average molecular weight is 376 g/mol. The highest BCUT2D eigenvalue weighted by Gasteiger charge is 2.19.